The minimum atomic E-state index is -0.423. The van der Waals surface area contributed by atoms with Crippen LogP contribution in [0, 0.1) is 11.2 Å². The maximum absolute atomic E-state index is 13.4. The molecule has 0 amide bonds. The molecule has 0 aliphatic heterocycles. The van der Waals surface area contributed by atoms with Crippen LogP contribution in [0.15, 0.2) is 18.2 Å². The van der Waals surface area contributed by atoms with Crippen LogP contribution in [0.25, 0.3) is 0 Å². The van der Waals surface area contributed by atoms with Crippen molar-refractivity contribution in [2.45, 2.75) is 33.6 Å². The number of hydrogen-bond donors (Lipinski definition) is 0. The monoisotopic (exact) mass is 238 g/mol. The summed E-state index contributed by atoms with van der Waals surface area (Å²) in [5, 5.41) is 0. The van der Waals surface area contributed by atoms with E-state index in [2.05, 4.69) is 0 Å². The lowest BCUT2D eigenvalue weighted by atomic mass is 9.88. The molecule has 0 radical (unpaired) electrons. The maximum atomic E-state index is 13.4. The molecule has 0 spiro atoms. The van der Waals surface area contributed by atoms with Crippen molar-refractivity contribution in [2.24, 2.45) is 5.41 Å². The molecule has 3 heteroatoms. The summed E-state index contributed by atoms with van der Waals surface area (Å²) in [5.74, 6) is -0.0901. The number of carbonyl (C=O) groups excluding carboxylic acids is 1. The molecule has 0 aliphatic carbocycles. The number of ether oxygens (including phenoxy) is 1. The number of halogens is 1. The summed E-state index contributed by atoms with van der Waals surface area (Å²) in [6.07, 6.45) is 0.777. The van der Waals surface area contributed by atoms with Crippen molar-refractivity contribution in [1.29, 1.82) is 0 Å². The Hall–Kier alpha value is -1.38. The van der Waals surface area contributed by atoms with Gasteiger partial charge in [-0.2, -0.15) is 0 Å². The van der Waals surface area contributed by atoms with Gasteiger partial charge in [0.25, 0.3) is 0 Å². The highest BCUT2D eigenvalue weighted by atomic mass is 19.1. The SMILES string of the molecule is COc1ccc(CC(=O)CC(C)(C)C)cc1F. The number of methoxy groups -OCH3 is 1. The summed E-state index contributed by atoms with van der Waals surface area (Å²) in [7, 11) is 1.42. The lowest BCUT2D eigenvalue weighted by molar-refractivity contribution is -0.120. The van der Waals surface area contributed by atoms with Crippen LogP contribution in [-0.2, 0) is 11.2 Å². The minimum absolute atomic E-state index is 0.0257. The van der Waals surface area contributed by atoms with E-state index in [0.717, 1.165) is 0 Å². The molecule has 1 aromatic rings. The Bertz CT molecular complexity index is 405. The van der Waals surface area contributed by atoms with Crippen LogP contribution in [0.2, 0.25) is 0 Å². The van der Waals surface area contributed by atoms with Crippen LogP contribution in [0.1, 0.15) is 32.8 Å². The van der Waals surface area contributed by atoms with Gasteiger partial charge in [0.05, 0.1) is 7.11 Å². The quantitative estimate of drug-likeness (QED) is 0.803. The molecule has 2 nitrogen and oxygen atoms in total. The molecule has 1 aromatic carbocycles. The van der Waals surface area contributed by atoms with Crippen LogP contribution in [0.4, 0.5) is 4.39 Å². The van der Waals surface area contributed by atoms with Gasteiger partial charge < -0.3 is 4.74 Å². The first-order valence-corrected chi connectivity index (χ1v) is 5.66. The van der Waals surface area contributed by atoms with Crippen LogP contribution in [-0.4, -0.2) is 12.9 Å². The Labute approximate surface area is 102 Å². The summed E-state index contributed by atoms with van der Waals surface area (Å²) in [5.41, 5.74) is 0.666. The molecule has 0 aromatic heterocycles. The third-order valence-electron chi connectivity index (χ3n) is 2.34. The third kappa shape index (κ3) is 4.55. The Morgan fingerprint density at radius 2 is 2.00 bits per heavy atom. The second kappa shape index (κ2) is 5.30. The smallest absolute Gasteiger partial charge is 0.165 e. The van der Waals surface area contributed by atoms with Crippen molar-refractivity contribution in [3.05, 3.63) is 29.6 Å². The summed E-state index contributed by atoms with van der Waals surface area (Å²) in [6, 6.07) is 4.64. The summed E-state index contributed by atoms with van der Waals surface area (Å²) < 4.78 is 18.2. The van der Waals surface area contributed by atoms with Crippen LogP contribution >= 0.6 is 0 Å². The number of benzene rings is 1. The van der Waals surface area contributed by atoms with Gasteiger partial charge in [0.2, 0.25) is 0 Å². The first-order chi connectivity index (χ1) is 7.81. The molecule has 1 rings (SSSR count). The Balaban J connectivity index is 2.69. The predicted octanol–water partition coefficient (Wildman–Crippen LogP) is 3.38. The van der Waals surface area contributed by atoms with Crippen molar-refractivity contribution >= 4 is 5.78 Å². The van der Waals surface area contributed by atoms with Gasteiger partial charge in [-0.05, 0) is 23.1 Å². The van der Waals surface area contributed by atoms with E-state index in [1.165, 1.54) is 13.2 Å². The summed E-state index contributed by atoms with van der Waals surface area (Å²) in [6.45, 7) is 6.04. The molecular formula is C14H19FO2. The summed E-state index contributed by atoms with van der Waals surface area (Å²) in [4.78, 5) is 11.7. The van der Waals surface area contributed by atoms with Gasteiger partial charge >= 0.3 is 0 Å². The van der Waals surface area contributed by atoms with Gasteiger partial charge in [0, 0.05) is 12.8 Å². The first kappa shape index (κ1) is 13.7. The minimum Gasteiger partial charge on any atom is -0.494 e. The van der Waals surface area contributed by atoms with Crippen LogP contribution in [0.5, 0.6) is 5.75 Å². The van der Waals surface area contributed by atoms with E-state index in [9.17, 15) is 9.18 Å². The zero-order valence-corrected chi connectivity index (χ0v) is 10.8. The second-order valence-electron chi connectivity index (χ2n) is 5.42. The standard InChI is InChI=1S/C14H19FO2/c1-14(2,3)9-11(16)7-10-5-6-13(17-4)12(15)8-10/h5-6,8H,7,9H2,1-4H3. The van der Waals surface area contributed by atoms with E-state index >= 15 is 0 Å². The zero-order valence-electron chi connectivity index (χ0n) is 10.8. The molecule has 0 heterocycles. The van der Waals surface area contributed by atoms with E-state index in [1.807, 2.05) is 20.8 Å². The van der Waals surface area contributed by atoms with Gasteiger partial charge in [0.15, 0.2) is 11.6 Å². The molecule has 0 bridgehead atoms. The number of rotatable bonds is 4. The summed E-state index contributed by atoms with van der Waals surface area (Å²) >= 11 is 0. The van der Waals surface area contributed by atoms with E-state index in [0.29, 0.717) is 12.0 Å². The Morgan fingerprint density at radius 1 is 1.35 bits per heavy atom. The van der Waals surface area contributed by atoms with E-state index in [4.69, 9.17) is 4.74 Å². The van der Waals surface area contributed by atoms with E-state index in [-0.39, 0.29) is 23.4 Å². The largest absolute Gasteiger partial charge is 0.494 e. The molecule has 0 saturated carbocycles. The maximum Gasteiger partial charge on any atom is 0.165 e. The normalized spacial score (nSPS) is 11.4. The lowest BCUT2D eigenvalue weighted by Gasteiger charge is -2.16. The fourth-order valence-electron chi connectivity index (χ4n) is 1.70. The Kier molecular flexibility index (Phi) is 4.27. The first-order valence-electron chi connectivity index (χ1n) is 5.66. The molecular weight excluding hydrogens is 219 g/mol. The highest BCUT2D eigenvalue weighted by Gasteiger charge is 2.16. The molecule has 0 fully saturated rings. The van der Waals surface area contributed by atoms with Crippen molar-refractivity contribution in [3.63, 3.8) is 0 Å². The third-order valence-corrected chi connectivity index (χ3v) is 2.34. The average molecular weight is 238 g/mol. The molecule has 0 unspecified atom stereocenters. The van der Waals surface area contributed by atoms with Gasteiger partial charge in [-0.3, -0.25) is 4.79 Å². The number of carbonyl (C=O) groups is 1. The van der Waals surface area contributed by atoms with Crippen molar-refractivity contribution in [2.75, 3.05) is 7.11 Å². The van der Waals surface area contributed by atoms with Crippen LogP contribution < -0.4 is 4.74 Å². The predicted molar refractivity (Wildman–Crippen MR) is 65.7 cm³/mol. The molecule has 0 aliphatic rings. The molecule has 0 saturated heterocycles. The highest BCUT2D eigenvalue weighted by Crippen LogP contribution is 2.22. The lowest BCUT2D eigenvalue weighted by Crippen LogP contribution is -2.14. The van der Waals surface area contributed by atoms with Crippen LogP contribution in [0.3, 0.4) is 0 Å². The van der Waals surface area contributed by atoms with Crippen molar-refractivity contribution in [1.82, 2.24) is 0 Å². The fraction of sp³-hybridized carbons (Fsp3) is 0.500. The number of Topliss-reactive ketones (excluding diaryl/α,β-unsaturated/α-hetero) is 1. The van der Waals surface area contributed by atoms with Gasteiger partial charge in [-0.1, -0.05) is 26.8 Å². The molecule has 0 N–H and O–H groups in total. The molecule has 0 atom stereocenters. The second-order valence-corrected chi connectivity index (χ2v) is 5.42. The Morgan fingerprint density at radius 3 is 2.47 bits per heavy atom. The van der Waals surface area contributed by atoms with Crippen molar-refractivity contribution in [3.8, 4) is 5.75 Å². The fourth-order valence-corrected chi connectivity index (χ4v) is 1.70. The zero-order chi connectivity index (χ0) is 13.1. The van der Waals surface area contributed by atoms with E-state index < -0.39 is 5.82 Å². The average Bonchev–Trinajstić information content (AvgIpc) is 2.14. The van der Waals surface area contributed by atoms with E-state index in [1.54, 1.807) is 12.1 Å². The highest BCUT2D eigenvalue weighted by molar-refractivity contribution is 5.81. The van der Waals surface area contributed by atoms with Gasteiger partial charge in [-0.25, -0.2) is 4.39 Å². The van der Waals surface area contributed by atoms with Gasteiger partial charge in [0.1, 0.15) is 5.78 Å². The molecule has 94 valence electrons. The van der Waals surface area contributed by atoms with Crippen molar-refractivity contribution < 1.29 is 13.9 Å². The topological polar surface area (TPSA) is 26.3 Å². The molecule has 17 heavy (non-hydrogen) atoms. The number of ketones is 1. The number of hydrogen-bond acceptors (Lipinski definition) is 2. The van der Waals surface area contributed by atoms with Gasteiger partial charge in [-0.15, -0.1) is 0 Å².